The molecule has 9 N–H and O–H groups in total. The zero-order valence-corrected chi connectivity index (χ0v) is 65.6. The van der Waals surface area contributed by atoms with Crippen molar-refractivity contribution in [3.05, 3.63) is 99.2 Å². The highest BCUT2D eigenvalue weighted by atomic mass is 16.7. The number of carbonyl (C=O) groups excluding carboxylic acids is 8. The Morgan fingerprint density at radius 3 is 2.16 bits per heavy atom. The minimum absolute atomic E-state index is 0.0193. The van der Waals surface area contributed by atoms with Gasteiger partial charge in [-0.1, -0.05) is 83.2 Å². The largest absolute Gasteiger partial charge is 0.507 e. The highest BCUT2D eigenvalue weighted by molar-refractivity contribution is 6.39. The number of piperidine rings is 1. The van der Waals surface area contributed by atoms with Crippen molar-refractivity contribution in [3.8, 4) is 17.2 Å². The number of cyclic esters (lactones) is 1. The average Bonchev–Trinajstić information content (AvgIpc) is 0.709. The molecule has 2 aromatic carbocycles. The number of methoxy groups -OCH3 is 4. The summed E-state index contributed by atoms with van der Waals surface area (Å²) in [4.78, 5) is 112. The number of aliphatic hydroxyl groups is 5. The molecule has 27 nitrogen and oxygen atoms in total. The zero-order chi connectivity index (χ0) is 80.4. The van der Waals surface area contributed by atoms with Crippen LogP contribution in [0.1, 0.15) is 214 Å². The number of phenolic OH excluding ortho intramolecular Hbond substituents is 2. The number of hydrogen-bond acceptors (Lipinski definition) is 26. The lowest BCUT2D eigenvalue weighted by molar-refractivity contribution is -0.281. The van der Waals surface area contributed by atoms with Gasteiger partial charge in [0, 0.05) is 107 Å². The van der Waals surface area contributed by atoms with Crippen LogP contribution in [0.5, 0.6) is 17.2 Å². The Morgan fingerprint density at radius 1 is 0.764 bits per heavy atom. The normalized spacial score (nSPS) is 35.9. The summed E-state index contributed by atoms with van der Waals surface area (Å²) < 4.78 is 58.8. The van der Waals surface area contributed by atoms with Gasteiger partial charge in [0.2, 0.25) is 11.6 Å². The molecule has 27 heteroatoms. The van der Waals surface area contributed by atoms with Crippen LogP contribution in [-0.2, 0) is 77.8 Å². The van der Waals surface area contributed by atoms with Crippen molar-refractivity contribution < 1.29 is 121 Å². The summed E-state index contributed by atoms with van der Waals surface area (Å²) in [5.41, 5.74) is 4.24. The number of aromatic hydroxyl groups is 2. The van der Waals surface area contributed by atoms with Gasteiger partial charge in [0.05, 0.1) is 60.4 Å². The summed E-state index contributed by atoms with van der Waals surface area (Å²) in [6.45, 7) is 14.1. The van der Waals surface area contributed by atoms with Gasteiger partial charge in [-0.3, -0.25) is 33.6 Å². The molecule has 3 aliphatic carbocycles. The summed E-state index contributed by atoms with van der Waals surface area (Å²) in [6.07, 6.45) is 9.15. The summed E-state index contributed by atoms with van der Waals surface area (Å²) in [7, 11) is 5.86. The van der Waals surface area contributed by atoms with E-state index in [-0.39, 0.29) is 89.2 Å². The van der Waals surface area contributed by atoms with E-state index >= 15 is 0 Å². The number of ketones is 6. The van der Waals surface area contributed by atoms with E-state index in [4.69, 9.17) is 53.1 Å². The number of aliphatic hydroxyl groups excluding tert-OH is 3. The minimum Gasteiger partial charge on any atom is -0.507 e. The maximum absolute atomic E-state index is 14.4. The third-order valence-electron chi connectivity index (χ3n) is 23.7. The van der Waals surface area contributed by atoms with Crippen LogP contribution >= 0.6 is 0 Å². The van der Waals surface area contributed by atoms with Crippen LogP contribution < -0.4 is 10.5 Å². The molecule has 0 radical (unpaired) electrons. The molecule has 1 saturated carbocycles. The van der Waals surface area contributed by atoms with Crippen LogP contribution in [0.15, 0.2) is 65.8 Å². The molecule has 608 valence electrons. The van der Waals surface area contributed by atoms with Crippen molar-refractivity contribution >= 4 is 46.6 Å². The molecule has 22 atom stereocenters. The highest BCUT2D eigenvalue weighted by Gasteiger charge is 2.55. The SMILES string of the molecule is CO[C@H]1C[C@@H]2CC[C@@H](C)[C@@](O)(O2)C(=O)C(=O)N2CCCC[C@H]2C(=O)O[C@H]([C@@H](C)C[C@@H]2CC[C@@H](O)[C@H](OC)C2)CC(=O)[C@H](C)/C=C(\C)[C@@H](O)[C@@H](OC)C(=O)[C@H](C)C[C@H](C)/C=C/C=CC=C1C.COc1cccc2c1C(=O)c1c(O)c3c(c(O)c1C2=O)C[C@@](O)(C(=O)CO)CC3O[C@H]1C[C@H](N)[C@H](O[C@@H]2CCCCO2)[C@H](C)O1. The van der Waals surface area contributed by atoms with Gasteiger partial charge in [0.1, 0.15) is 65.7 Å². The van der Waals surface area contributed by atoms with Gasteiger partial charge in [-0.25, -0.2) is 4.79 Å². The molecule has 5 aliphatic heterocycles. The number of allylic oxidation sites excluding steroid dienone is 6. The van der Waals surface area contributed by atoms with Crippen molar-refractivity contribution in [1.82, 2.24) is 4.90 Å². The van der Waals surface area contributed by atoms with E-state index < -0.39 is 186 Å². The van der Waals surface area contributed by atoms with Gasteiger partial charge in [0.15, 0.2) is 29.9 Å². The fraction of sp³-hybridized carbons (Fsp3) is 0.663. The van der Waals surface area contributed by atoms with Crippen molar-refractivity contribution in [2.45, 2.75) is 268 Å². The number of amides is 1. The Bertz CT molecular complexity index is 3750. The smallest absolute Gasteiger partial charge is 0.329 e. The molecule has 5 heterocycles. The maximum atomic E-state index is 14.4. The molecular weight excluding hydrogens is 1420 g/mol. The Kier molecular flexibility index (Phi) is 30.4. The van der Waals surface area contributed by atoms with Crippen LogP contribution in [0.25, 0.3) is 0 Å². The molecule has 2 bridgehead atoms. The Morgan fingerprint density at radius 2 is 1.49 bits per heavy atom. The number of nitrogens with two attached hydrogens (primary N) is 1. The van der Waals surface area contributed by atoms with Crippen LogP contribution in [-0.4, -0.2) is 226 Å². The summed E-state index contributed by atoms with van der Waals surface area (Å²) in [5.74, 6) is -11.6. The summed E-state index contributed by atoms with van der Waals surface area (Å²) in [5, 5.41) is 78.1. The lowest BCUT2D eigenvalue weighted by atomic mass is 9.72. The molecule has 2 aromatic rings. The molecule has 10 rings (SSSR count). The molecule has 0 aromatic heterocycles. The Labute approximate surface area is 644 Å². The first-order chi connectivity index (χ1) is 52.2. The number of benzene rings is 2. The Hall–Kier alpha value is -6.80. The van der Waals surface area contributed by atoms with Crippen LogP contribution in [0.2, 0.25) is 0 Å². The zero-order valence-electron chi connectivity index (χ0n) is 65.6. The van der Waals surface area contributed by atoms with Crippen LogP contribution in [0.3, 0.4) is 0 Å². The highest BCUT2D eigenvalue weighted by Crippen LogP contribution is 2.53. The van der Waals surface area contributed by atoms with E-state index in [2.05, 4.69) is 0 Å². The number of fused-ring (bicyclic) bond motifs is 6. The van der Waals surface area contributed by atoms with E-state index in [9.17, 15) is 74.1 Å². The molecule has 0 spiro atoms. The summed E-state index contributed by atoms with van der Waals surface area (Å²) >= 11 is 0. The van der Waals surface area contributed by atoms with Crippen molar-refractivity contribution in [2.75, 3.05) is 48.2 Å². The van der Waals surface area contributed by atoms with Crippen LogP contribution in [0.4, 0.5) is 0 Å². The number of ether oxygens (including phenoxy) is 10. The monoisotopic (exact) mass is 1540 g/mol. The lowest BCUT2D eigenvalue weighted by Gasteiger charge is -2.43. The first kappa shape index (κ1) is 87.2. The van der Waals surface area contributed by atoms with E-state index in [1.165, 1.54) is 37.3 Å². The Balaban J connectivity index is 0.000000269. The number of Topliss-reactive ketones (excluding diaryl/α,β-unsaturated/α-hetero) is 4. The van der Waals surface area contributed by atoms with E-state index in [0.29, 0.717) is 70.0 Å². The molecule has 1 amide bonds. The first-order valence-electron chi connectivity index (χ1n) is 39.0. The van der Waals surface area contributed by atoms with E-state index in [1.54, 1.807) is 48.0 Å². The number of carbonyl (C=O) groups is 8. The minimum atomic E-state index is -2.43. The molecular formula is C83H116N2O25. The quantitative estimate of drug-likeness (QED) is 0.0351. The van der Waals surface area contributed by atoms with Crippen molar-refractivity contribution in [2.24, 2.45) is 41.2 Å². The van der Waals surface area contributed by atoms with E-state index in [1.807, 2.05) is 58.1 Å². The summed E-state index contributed by atoms with van der Waals surface area (Å²) in [6, 6.07) is 2.72. The predicted molar refractivity (Wildman–Crippen MR) is 399 cm³/mol. The second-order valence-corrected chi connectivity index (χ2v) is 31.7. The molecule has 8 aliphatic rings. The third-order valence-corrected chi connectivity index (χ3v) is 23.7. The number of esters is 1. The fourth-order valence-electron chi connectivity index (χ4n) is 17.1. The van der Waals surface area contributed by atoms with Gasteiger partial charge in [-0.15, -0.1) is 0 Å². The third kappa shape index (κ3) is 19.7. The fourth-order valence-corrected chi connectivity index (χ4v) is 17.1. The number of nitrogens with zero attached hydrogens (tertiary/aromatic N) is 1. The van der Waals surface area contributed by atoms with Gasteiger partial charge in [0.25, 0.3) is 11.7 Å². The van der Waals surface area contributed by atoms with Gasteiger partial charge in [-0.2, -0.15) is 0 Å². The van der Waals surface area contributed by atoms with Gasteiger partial charge >= 0.3 is 5.97 Å². The van der Waals surface area contributed by atoms with Crippen LogP contribution in [0, 0.1) is 35.5 Å². The standard InChI is InChI=1S/C51H79NO13.C32H37NO12/c1-30-16-12-11-13-17-31(2)42(61-8)28-38-21-19-36(7)51(60,65-38)48(57)49(58)52-23-15-14-18-39(52)50(59)64-43(33(4)26-37-20-22-40(53)44(27-37)62-9)29-41(54)32(3)25-35(6)46(56)47(63-10)45(55)34(5)24-30;1-14-31(45-21-8-3-4-9-42-21)17(33)10-22(43-14)44-19-12-32(40,20(35)13-34)11-16-24(19)30(39)26-25(28(16)37)27(36)15-6-5-7-18(41-2)23(15)29(26)38/h11-13,16-17,25,30,32-34,36-40,42-44,46-47,53,56,60H,14-15,18-24,26-29H2,1-10H3;5-7,14,17,19,21-22,31,34,37,39-40H,3-4,8-13,33H2,1-2H3/b13-11?,16-12+,31-17?,35-25+;/t30-,32-,33+,34-,36-,37+,38+,39+,40-,42+,43+,44-,46-,47+,51-;14-,17-,19?,21+,22-,31+,32-/m10/s1. The molecule has 4 saturated heterocycles. The maximum Gasteiger partial charge on any atom is 0.329 e. The number of hydrogen-bond donors (Lipinski definition) is 8. The number of rotatable bonds is 13. The molecule has 110 heavy (non-hydrogen) atoms. The van der Waals surface area contributed by atoms with E-state index in [0.717, 1.165) is 31.3 Å². The number of phenols is 2. The molecule has 5 fully saturated rings. The average molecular weight is 1540 g/mol. The topological polar surface area (TPSA) is 400 Å². The van der Waals surface area contributed by atoms with Gasteiger partial charge < -0.3 is 93.7 Å². The second kappa shape index (κ2) is 38.4. The lowest BCUT2D eigenvalue weighted by Crippen LogP contribution is -2.61. The van der Waals surface area contributed by atoms with Crippen molar-refractivity contribution in [1.29, 1.82) is 0 Å². The predicted octanol–water partition coefficient (Wildman–Crippen LogP) is 7.73. The van der Waals surface area contributed by atoms with Crippen molar-refractivity contribution in [3.63, 3.8) is 0 Å². The first-order valence-corrected chi connectivity index (χ1v) is 39.0. The van der Waals surface area contributed by atoms with Gasteiger partial charge in [-0.05, 0) is 139 Å². The molecule has 1 unspecified atom stereocenters. The second-order valence-electron chi connectivity index (χ2n) is 31.7.